The lowest BCUT2D eigenvalue weighted by Gasteiger charge is -2.16. The van der Waals surface area contributed by atoms with E-state index in [0.717, 1.165) is 18.4 Å². The molecule has 0 aliphatic carbocycles. The number of rotatable bonds is 7. The minimum atomic E-state index is 0.191. The SMILES string of the molecule is CCCCCOC(CBr)c1cccc(C)c1. The van der Waals surface area contributed by atoms with Crippen LogP contribution in [-0.4, -0.2) is 11.9 Å². The van der Waals surface area contributed by atoms with E-state index in [1.165, 1.54) is 24.0 Å². The molecule has 1 atom stereocenters. The van der Waals surface area contributed by atoms with Crippen LogP contribution in [0.3, 0.4) is 0 Å². The van der Waals surface area contributed by atoms with Crippen molar-refractivity contribution in [2.45, 2.75) is 39.2 Å². The predicted molar refractivity (Wildman–Crippen MR) is 73.2 cm³/mol. The van der Waals surface area contributed by atoms with Crippen LogP contribution < -0.4 is 0 Å². The third-order valence-corrected chi connectivity index (χ3v) is 3.21. The number of benzene rings is 1. The molecule has 1 aromatic carbocycles. The summed E-state index contributed by atoms with van der Waals surface area (Å²) in [6, 6.07) is 8.55. The first-order chi connectivity index (χ1) is 7.77. The van der Waals surface area contributed by atoms with Gasteiger partial charge in [0, 0.05) is 11.9 Å². The maximum Gasteiger partial charge on any atom is 0.0921 e. The van der Waals surface area contributed by atoms with E-state index in [9.17, 15) is 0 Å². The Hall–Kier alpha value is -0.340. The van der Waals surface area contributed by atoms with Crippen molar-refractivity contribution in [2.24, 2.45) is 0 Å². The van der Waals surface area contributed by atoms with Gasteiger partial charge in [-0.15, -0.1) is 0 Å². The highest BCUT2D eigenvalue weighted by molar-refractivity contribution is 9.09. The molecule has 0 amide bonds. The Labute approximate surface area is 107 Å². The molecule has 0 aliphatic heterocycles. The lowest BCUT2D eigenvalue weighted by Crippen LogP contribution is -2.07. The van der Waals surface area contributed by atoms with Gasteiger partial charge >= 0.3 is 0 Å². The highest BCUT2D eigenvalue weighted by Gasteiger charge is 2.09. The highest BCUT2D eigenvalue weighted by atomic mass is 79.9. The van der Waals surface area contributed by atoms with E-state index in [1.54, 1.807) is 0 Å². The summed E-state index contributed by atoms with van der Waals surface area (Å²) in [4.78, 5) is 0. The Kier molecular flexibility index (Phi) is 6.74. The molecule has 1 aromatic rings. The van der Waals surface area contributed by atoms with Crippen LogP contribution in [0, 0.1) is 6.92 Å². The lowest BCUT2D eigenvalue weighted by atomic mass is 10.1. The van der Waals surface area contributed by atoms with Gasteiger partial charge in [0.1, 0.15) is 0 Å². The molecule has 0 saturated heterocycles. The van der Waals surface area contributed by atoms with Crippen LogP contribution in [0.25, 0.3) is 0 Å². The summed E-state index contributed by atoms with van der Waals surface area (Å²) in [5, 5.41) is 0.864. The Balaban J connectivity index is 2.47. The fourth-order valence-electron chi connectivity index (χ4n) is 1.68. The molecule has 0 aliphatic rings. The normalized spacial score (nSPS) is 12.7. The average Bonchev–Trinajstić information content (AvgIpc) is 2.29. The molecule has 0 spiro atoms. The molecule has 1 unspecified atom stereocenters. The van der Waals surface area contributed by atoms with Gasteiger partial charge in [-0.3, -0.25) is 0 Å². The first-order valence-corrected chi connectivity index (χ1v) is 7.14. The van der Waals surface area contributed by atoms with Gasteiger partial charge in [-0.1, -0.05) is 65.5 Å². The molecular formula is C14H21BrO. The second-order valence-electron chi connectivity index (χ2n) is 4.13. The molecule has 1 nitrogen and oxygen atoms in total. The van der Waals surface area contributed by atoms with Crippen molar-refractivity contribution >= 4 is 15.9 Å². The van der Waals surface area contributed by atoms with Crippen molar-refractivity contribution in [3.8, 4) is 0 Å². The number of ether oxygens (including phenoxy) is 1. The van der Waals surface area contributed by atoms with Crippen molar-refractivity contribution in [2.75, 3.05) is 11.9 Å². The van der Waals surface area contributed by atoms with Crippen molar-refractivity contribution in [1.29, 1.82) is 0 Å². The van der Waals surface area contributed by atoms with Crippen LogP contribution in [0.2, 0.25) is 0 Å². The number of aryl methyl sites for hydroxylation is 1. The van der Waals surface area contributed by atoms with Gasteiger partial charge in [-0.05, 0) is 18.9 Å². The summed E-state index contributed by atoms with van der Waals surface area (Å²) in [7, 11) is 0. The molecule has 16 heavy (non-hydrogen) atoms. The number of alkyl halides is 1. The summed E-state index contributed by atoms with van der Waals surface area (Å²) in [6.07, 6.45) is 3.85. The molecule has 2 heteroatoms. The maximum absolute atomic E-state index is 5.89. The summed E-state index contributed by atoms with van der Waals surface area (Å²) in [6.45, 7) is 5.19. The monoisotopic (exact) mass is 284 g/mol. The zero-order valence-corrected chi connectivity index (χ0v) is 11.8. The quantitative estimate of drug-likeness (QED) is 0.524. The molecule has 0 N–H and O–H groups in total. The number of halogens is 1. The number of unbranched alkanes of at least 4 members (excludes halogenated alkanes) is 2. The van der Waals surface area contributed by atoms with Crippen molar-refractivity contribution in [3.63, 3.8) is 0 Å². The standard InChI is InChI=1S/C14H21BrO/c1-3-4-5-9-16-14(11-15)13-8-6-7-12(2)10-13/h6-8,10,14H,3-5,9,11H2,1-2H3. The van der Waals surface area contributed by atoms with Gasteiger partial charge in [0.25, 0.3) is 0 Å². The molecule has 0 heterocycles. The van der Waals surface area contributed by atoms with Crippen LogP contribution in [0.4, 0.5) is 0 Å². The minimum absolute atomic E-state index is 0.191. The van der Waals surface area contributed by atoms with Crippen LogP contribution in [0.1, 0.15) is 43.4 Å². The van der Waals surface area contributed by atoms with E-state index < -0.39 is 0 Å². The second-order valence-corrected chi connectivity index (χ2v) is 4.78. The molecular weight excluding hydrogens is 264 g/mol. The van der Waals surface area contributed by atoms with Crippen molar-refractivity contribution in [1.82, 2.24) is 0 Å². The topological polar surface area (TPSA) is 9.23 Å². The van der Waals surface area contributed by atoms with Gasteiger partial charge in [-0.2, -0.15) is 0 Å². The Bertz CT molecular complexity index is 299. The molecule has 0 aromatic heterocycles. The van der Waals surface area contributed by atoms with E-state index in [4.69, 9.17) is 4.74 Å². The Morgan fingerprint density at radius 1 is 1.31 bits per heavy atom. The summed E-state index contributed by atoms with van der Waals surface area (Å²) in [5.74, 6) is 0. The summed E-state index contributed by atoms with van der Waals surface area (Å²) >= 11 is 3.52. The van der Waals surface area contributed by atoms with Crippen LogP contribution >= 0.6 is 15.9 Å². The van der Waals surface area contributed by atoms with Gasteiger partial charge in [-0.25, -0.2) is 0 Å². The number of hydrogen-bond donors (Lipinski definition) is 0. The fourth-order valence-corrected chi connectivity index (χ4v) is 2.24. The zero-order chi connectivity index (χ0) is 11.8. The third-order valence-electron chi connectivity index (χ3n) is 2.62. The van der Waals surface area contributed by atoms with E-state index in [-0.39, 0.29) is 6.10 Å². The average molecular weight is 285 g/mol. The van der Waals surface area contributed by atoms with E-state index in [2.05, 4.69) is 54.0 Å². The predicted octanol–water partition coefficient (Wildman–Crippen LogP) is 4.64. The van der Waals surface area contributed by atoms with Crippen molar-refractivity contribution in [3.05, 3.63) is 35.4 Å². The van der Waals surface area contributed by atoms with Crippen molar-refractivity contribution < 1.29 is 4.74 Å². The molecule has 1 rings (SSSR count). The largest absolute Gasteiger partial charge is 0.373 e. The van der Waals surface area contributed by atoms with Crippen LogP contribution in [0.15, 0.2) is 24.3 Å². The second kappa shape index (κ2) is 7.86. The van der Waals surface area contributed by atoms with Crippen LogP contribution in [-0.2, 0) is 4.74 Å². The molecule has 0 bridgehead atoms. The fraction of sp³-hybridized carbons (Fsp3) is 0.571. The summed E-state index contributed by atoms with van der Waals surface area (Å²) in [5.41, 5.74) is 2.56. The van der Waals surface area contributed by atoms with E-state index in [0.29, 0.717) is 0 Å². The van der Waals surface area contributed by atoms with Gasteiger partial charge in [0.15, 0.2) is 0 Å². The van der Waals surface area contributed by atoms with Crippen LogP contribution in [0.5, 0.6) is 0 Å². The molecule has 0 saturated carbocycles. The third kappa shape index (κ3) is 4.67. The summed E-state index contributed by atoms with van der Waals surface area (Å²) < 4.78 is 5.89. The maximum atomic E-state index is 5.89. The van der Waals surface area contributed by atoms with E-state index in [1.807, 2.05) is 0 Å². The smallest absolute Gasteiger partial charge is 0.0921 e. The van der Waals surface area contributed by atoms with Gasteiger partial charge in [0.2, 0.25) is 0 Å². The zero-order valence-electron chi connectivity index (χ0n) is 10.2. The molecule has 90 valence electrons. The highest BCUT2D eigenvalue weighted by Crippen LogP contribution is 2.21. The minimum Gasteiger partial charge on any atom is -0.373 e. The molecule has 0 radical (unpaired) electrons. The van der Waals surface area contributed by atoms with Gasteiger partial charge < -0.3 is 4.74 Å². The first kappa shape index (κ1) is 13.7. The Morgan fingerprint density at radius 2 is 2.12 bits per heavy atom. The number of hydrogen-bond acceptors (Lipinski definition) is 1. The lowest BCUT2D eigenvalue weighted by molar-refractivity contribution is 0.0670. The van der Waals surface area contributed by atoms with Gasteiger partial charge in [0.05, 0.1) is 6.10 Å². The first-order valence-electron chi connectivity index (χ1n) is 6.02. The van der Waals surface area contributed by atoms with E-state index >= 15 is 0 Å². The molecule has 0 fully saturated rings. The Morgan fingerprint density at radius 3 is 2.75 bits per heavy atom.